The molecule has 210 valence electrons. The van der Waals surface area contributed by atoms with Crippen LogP contribution in [0.2, 0.25) is 0 Å². The van der Waals surface area contributed by atoms with Gasteiger partial charge in [-0.25, -0.2) is 4.39 Å². The van der Waals surface area contributed by atoms with Crippen molar-refractivity contribution in [2.24, 2.45) is 17.8 Å². The Morgan fingerprint density at radius 2 is 1.42 bits per heavy atom. The molecule has 2 aliphatic carbocycles. The summed E-state index contributed by atoms with van der Waals surface area (Å²) in [5, 5.41) is 0. The molecule has 0 atom stereocenters. The highest BCUT2D eigenvalue weighted by molar-refractivity contribution is 5.65. The highest BCUT2D eigenvalue weighted by Crippen LogP contribution is 2.42. The van der Waals surface area contributed by atoms with Gasteiger partial charge in [0.05, 0.1) is 6.10 Å². The maximum absolute atomic E-state index is 14.7. The van der Waals surface area contributed by atoms with Crippen LogP contribution in [0.5, 0.6) is 5.75 Å². The number of ether oxygens (including phenoxy) is 2. The second-order valence-corrected chi connectivity index (χ2v) is 11.5. The van der Waals surface area contributed by atoms with E-state index in [0.29, 0.717) is 11.5 Å². The molecule has 2 aliphatic rings. The van der Waals surface area contributed by atoms with E-state index in [2.05, 4.69) is 11.7 Å². The number of hydrogen-bond donors (Lipinski definition) is 0. The molecule has 2 fully saturated rings. The average molecular weight is 535 g/mol. The van der Waals surface area contributed by atoms with Gasteiger partial charge in [-0.2, -0.15) is 13.2 Å². The second-order valence-electron chi connectivity index (χ2n) is 11.5. The number of benzene rings is 2. The van der Waals surface area contributed by atoms with Gasteiger partial charge in [0.25, 0.3) is 0 Å². The third-order valence-corrected chi connectivity index (χ3v) is 8.65. The fraction of sp³-hybridized carbons (Fsp3) is 0.625. The van der Waals surface area contributed by atoms with Gasteiger partial charge in [0.2, 0.25) is 5.82 Å². The zero-order valence-corrected chi connectivity index (χ0v) is 22.8. The van der Waals surface area contributed by atoms with Gasteiger partial charge in [-0.3, -0.25) is 0 Å². The van der Waals surface area contributed by atoms with E-state index in [1.807, 2.05) is 6.92 Å². The minimum Gasteiger partial charge on any atom is -0.428 e. The number of alkyl halides is 2. The summed E-state index contributed by atoms with van der Waals surface area (Å²) in [7, 11) is 0. The van der Waals surface area contributed by atoms with Gasteiger partial charge in [-0.15, -0.1) is 0 Å². The third-order valence-electron chi connectivity index (χ3n) is 8.65. The van der Waals surface area contributed by atoms with Gasteiger partial charge in [-0.05, 0) is 80.9 Å². The van der Waals surface area contributed by atoms with E-state index in [4.69, 9.17) is 4.74 Å². The van der Waals surface area contributed by atoms with E-state index < -0.39 is 30.1 Å². The molecule has 2 aromatic carbocycles. The summed E-state index contributed by atoms with van der Waals surface area (Å²) in [4.78, 5) is 0. The minimum absolute atomic E-state index is 0.00356. The second kappa shape index (κ2) is 13.3. The third kappa shape index (κ3) is 7.74. The summed E-state index contributed by atoms with van der Waals surface area (Å²) in [6.07, 6.45) is 10.1. The van der Waals surface area contributed by atoms with Gasteiger partial charge < -0.3 is 9.47 Å². The molecule has 38 heavy (non-hydrogen) atoms. The maximum Gasteiger partial charge on any atom is 0.422 e. The van der Waals surface area contributed by atoms with Crippen LogP contribution >= 0.6 is 0 Å². The summed E-state index contributed by atoms with van der Waals surface area (Å²) in [5.74, 6) is -1.16. The Bertz CT molecular complexity index is 1010. The lowest BCUT2D eigenvalue weighted by atomic mass is 9.70. The number of rotatable bonds is 11. The Morgan fingerprint density at radius 3 is 2.05 bits per heavy atom. The molecule has 0 bridgehead atoms. The molecular formula is C32H42F4O2. The standard InChI is InChI=1S/C32H42F4O2/c1-3-4-5-6-23-9-13-24(14-10-23)25-15-17-27(18-16-25)37-21-32(35,36)38-29-20-19-28(30(33)31(29)34)26-11-7-22(2)8-12-26/h7-8,11-12,19-20,23-25,27H,3-6,9-10,13-18,21H2,1-2H3. The van der Waals surface area contributed by atoms with Crippen LogP contribution in [-0.4, -0.2) is 18.8 Å². The first-order chi connectivity index (χ1) is 18.3. The summed E-state index contributed by atoms with van der Waals surface area (Å²) in [6, 6.07) is 9.17. The van der Waals surface area contributed by atoms with Gasteiger partial charge in [0.1, 0.15) is 0 Å². The molecule has 0 saturated heterocycles. The van der Waals surface area contributed by atoms with E-state index >= 15 is 0 Å². The first-order valence-electron chi connectivity index (χ1n) is 14.5. The van der Waals surface area contributed by atoms with Crippen molar-refractivity contribution in [3.63, 3.8) is 0 Å². The SMILES string of the molecule is CCCCCC1CCC(C2CCC(OCC(F)(F)Oc3ccc(-c4ccc(C)cc4)c(F)c3F)CC2)CC1. The molecule has 0 N–H and O–H groups in total. The Labute approximate surface area is 225 Å². The molecule has 6 heteroatoms. The smallest absolute Gasteiger partial charge is 0.422 e. The largest absolute Gasteiger partial charge is 0.428 e. The van der Waals surface area contributed by atoms with Gasteiger partial charge in [0, 0.05) is 5.56 Å². The Kier molecular flexibility index (Phi) is 10.1. The topological polar surface area (TPSA) is 18.5 Å². The molecule has 4 rings (SSSR count). The van der Waals surface area contributed by atoms with Gasteiger partial charge >= 0.3 is 6.11 Å². The first kappa shape index (κ1) is 28.9. The fourth-order valence-corrected chi connectivity index (χ4v) is 6.33. The predicted molar refractivity (Wildman–Crippen MR) is 143 cm³/mol. The molecule has 2 aromatic rings. The first-order valence-corrected chi connectivity index (χ1v) is 14.5. The van der Waals surface area contributed by atoms with Crippen molar-refractivity contribution in [3.05, 3.63) is 53.6 Å². The van der Waals surface area contributed by atoms with Crippen LogP contribution in [0.15, 0.2) is 36.4 Å². The predicted octanol–water partition coefficient (Wildman–Crippen LogP) is 9.87. The highest BCUT2D eigenvalue weighted by atomic mass is 19.3. The van der Waals surface area contributed by atoms with Crippen molar-refractivity contribution in [1.29, 1.82) is 0 Å². The van der Waals surface area contributed by atoms with E-state index in [1.54, 1.807) is 24.3 Å². The summed E-state index contributed by atoms with van der Waals surface area (Å²) in [5.41, 5.74) is 1.43. The lowest BCUT2D eigenvalue weighted by Crippen LogP contribution is -2.35. The molecule has 0 aliphatic heterocycles. The summed E-state index contributed by atoms with van der Waals surface area (Å²) in [6.45, 7) is 3.15. The quantitative estimate of drug-likeness (QED) is 0.211. The minimum atomic E-state index is -3.76. The Morgan fingerprint density at radius 1 is 0.789 bits per heavy atom. The summed E-state index contributed by atoms with van der Waals surface area (Å²) >= 11 is 0. The zero-order chi connectivity index (χ0) is 27.1. The van der Waals surface area contributed by atoms with Crippen molar-refractivity contribution in [2.45, 2.75) is 103 Å². The molecule has 0 radical (unpaired) electrons. The van der Waals surface area contributed by atoms with Crippen LogP contribution in [0.1, 0.15) is 89.5 Å². The molecule has 0 unspecified atom stereocenters. The molecule has 0 aromatic heterocycles. The monoisotopic (exact) mass is 534 g/mol. The molecule has 0 heterocycles. The number of unbranched alkanes of at least 4 members (excludes halogenated alkanes) is 2. The summed E-state index contributed by atoms with van der Waals surface area (Å²) < 4.78 is 68.4. The molecule has 2 nitrogen and oxygen atoms in total. The van der Waals surface area contributed by atoms with Crippen molar-refractivity contribution in [3.8, 4) is 16.9 Å². The van der Waals surface area contributed by atoms with E-state index in [1.165, 1.54) is 57.4 Å². The van der Waals surface area contributed by atoms with E-state index in [-0.39, 0.29) is 11.7 Å². The van der Waals surface area contributed by atoms with Crippen LogP contribution in [0.4, 0.5) is 17.6 Å². The molecule has 0 amide bonds. The fourth-order valence-electron chi connectivity index (χ4n) is 6.33. The van der Waals surface area contributed by atoms with Crippen molar-refractivity contribution >= 4 is 0 Å². The van der Waals surface area contributed by atoms with E-state index in [9.17, 15) is 17.6 Å². The Hall–Kier alpha value is -2.08. The van der Waals surface area contributed by atoms with Crippen molar-refractivity contribution in [2.75, 3.05) is 6.61 Å². The maximum atomic E-state index is 14.7. The molecule has 0 spiro atoms. The lowest BCUT2D eigenvalue weighted by Gasteiger charge is -2.38. The average Bonchev–Trinajstić information content (AvgIpc) is 2.92. The lowest BCUT2D eigenvalue weighted by molar-refractivity contribution is -0.223. The molecule has 2 saturated carbocycles. The number of aryl methyl sites for hydroxylation is 1. The number of halogens is 4. The van der Waals surface area contributed by atoms with Crippen LogP contribution in [0, 0.1) is 36.3 Å². The zero-order valence-electron chi connectivity index (χ0n) is 22.8. The number of hydrogen-bond acceptors (Lipinski definition) is 2. The van der Waals surface area contributed by atoms with Crippen molar-refractivity contribution < 1.29 is 27.0 Å². The van der Waals surface area contributed by atoms with Crippen LogP contribution < -0.4 is 4.74 Å². The highest BCUT2D eigenvalue weighted by Gasteiger charge is 2.37. The molecular weight excluding hydrogens is 492 g/mol. The van der Waals surface area contributed by atoms with Crippen LogP contribution in [0.3, 0.4) is 0 Å². The Balaban J connectivity index is 1.22. The van der Waals surface area contributed by atoms with Gasteiger partial charge in [0.15, 0.2) is 18.2 Å². The van der Waals surface area contributed by atoms with Crippen LogP contribution in [0.25, 0.3) is 11.1 Å². The van der Waals surface area contributed by atoms with Crippen molar-refractivity contribution in [1.82, 2.24) is 0 Å². The van der Waals surface area contributed by atoms with Crippen LogP contribution in [-0.2, 0) is 4.74 Å². The van der Waals surface area contributed by atoms with Gasteiger partial charge in [-0.1, -0.05) is 75.3 Å². The van der Waals surface area contributed by atoms with E-state index in [0.717, 1.165) is 49.1 Å². The normalized spacial score (nSPS) is 24.4.